The van der Waals surface area contributed by atoms with Crippen LogP contribution < -0.4 is 11.1 Å². The van der Waals surface area contributed by atoms with Crippen LogP contribution in [0.1, 0.15) is 22.7 Å². The molecule has 2 aromatic carbocycles. The van der Waals surface area contributed by atoms with Gasteiger partial charge in [-0.05, 0) is 36.4 Å². The Morgan fingerprint density at radius 3 is 2.58 bits per heavy atom. The Morgan fingerprint density at radius 2 is 1.85 bits per heavy atom. The van der Waals surface area contributed by atoms with E-state index in [1.165, 1.54) is 0 Å². The summed E-state index contributed by atoms with van der Waals surface area (Å²) in [6.07, 6.45) is 0.389. The molecule has 3 rings (SSSR count). The number of hydrogen-bond donors (Lipinski definition) is 2. The number of carbonyl (C=O) groups is 2. The number of aryl methyl sites for hydroxylation is 1. The van der Waals surface area contributed by atoms with Gasteiger partial charge in [-0.2, -0.15) is 4.98 Å². The van der Waals surface area contributed by atoms with Gasteiger partial charge < -0.3 is 15.6 Å². The summed E-state index contributed by atoms with van der Waals surface area (Å²) in [5.74, 6) is -0.125. The molecule has 0 fully saturated rings. The van der Waals surface area contributed by atoms with E-state index < -0.39 is 5.91 Å². The average molecular weight is 371 g/mol. The second-order valence-corrected chi connectivity index (χ2v) is 5.91. The number of benzene rings is 2. The molecule has 0 spiro atoms. The molecule has 0 radical (unpaired) electrons. The number of nitrogens with one attached hydrogen (secondary N) is 1. The van der Waals surface area contributed by atoms with Crippen LogP contribution in [0.5, 0.6) is 0 Å². The highest BCUT2D eigenvalue weighted by atomic mass is 35.5. The lowest BCUT2D eigenvalue weighted by Gasteiger charge is -2.07. The molecule has 1 heterocycles. The number of nitrogens with two attached hydrogens (primary N) is 1. The van der Waals surface area contributed by atoms with Gasteiger partial charge in [-0.3, -0.25) is 9.59 Å². The zero-order valence-electron chi connectivity index (χ0n) is 13.6. The average Bonchev–Trinajstić information content (AvgIpc) is 3.10. The van der Waals surface area contributed by atoms with E-state index in [0.717, 1.165) is 5.56 Å². The summed E-state index contributed by atoms with van der Waals surface area (Å²) in [6, 6.07) is 13.6. The second-order valence-electron chi connectivity index (χ2n) is 5.48. The summed E-state index contributed by atoms with van der Waals surface area (Å²) in [4.78, 5) is 27.7. The van der Waals surface area contributed by atoms with Crippen LogP contribution in [-0.4, -0.2) is 22.0 Å². The van der Waals surface area contributed by atoms with Gasteiger partial charge in [0.1, 0.15) is 0 Å². The largest absolute Gasteiger partial charge is 0.366 e. The van der Waals surface area contributed by atoms with Crippen molar-refractivity contribution in [2.75, 3.05) is 5.32 Å². The molecule has 0 aliphatic heterocycles. The maximum absolute atomic E-state index is 12.1. The Bertz CT molecular complexity index is 938. The van der Waals surface area contributed by atoms with Crippen molar-refractivity contribution in [2.45, 2.75) is 12.8 Å². The Labute approximate surface area is 154 Å². The van der Waals surface area contributed by atoms with Gasteiger partial charge in [0.05, 0.1) is 11.3 Å². The van der Waals surface area contributed by atoms with Gasteiger partial charge in [-0.25, -0.2) is 0 Å². The van der Waals surface area contributed by atoms with Crippen LogP contribution in [0.3, 0.4) is 0 Å². The van der Waals surface area contributed by atoms with E-state index in [2.05, 4.69) is 15.5 Å². The summed E-state index contributed by atoms with van der Waals surface area (Å²) >= 11 is 5.85. The van der Waals surface area contributed by atoms with Crippen molar-refractivity contribution in [3.05, 3.63) is 65.0 Å². The number of carbonyl (C=O) groups excluding carboxylic acids is 2. The predicted molar refractivity (Wildman–Crippen MR) is 96.7 cm³/mol. The predicted octanol–water partition coefficient (Wildman–Crippen LogP) is 3.06. The highest BCUT2D eigenvalue weighted by Crippen LogP contribution is 2.19. The van der Waals surface area contributed by atoms with E-state index in [0.29, 0.717) is 22.4 Å². The molecule has 0 unspecified atom stereocenters. The van der Waals surface area contributed by atoms with Gasteiger partial charge in [-0.15, -0.1) is 0 Å². The minimum Gasteiger partial charge on any atom is -0.366 e. The Hall–Kier alpha value is -3.19. The first-order valence-electron chi connectivity index (χ1n) is 7.80. The molecule has 7 nitrogen and oxygen atoms in total. The number of anilines is 1. The number of para-hydroxylation sites is 1. The fraction of sp³-hybridized carbons (Fsp3) is 0.111. The van der Waals surface area contributed by atoms with Crippen molar-refractivity contribution in [1.82, 2.24) is 10.1 Å². The maximum atomic E-state index is 12.1. The number of hydrogen-bond acceptors (Lipinski definition) is 5. The first-order valence-corrected chi connectivity index (χ1v) is 8.18. The maximum Gasteiger partial charge on any atom is 0.250 e. The molecule has 0 aliphatic rings. The molecule has 0 saturated heterocycles. The van der Waals surface area contributed by atoms with E-state index in [1.807, 2.05) is 0 Å². The van der Waals surface area contributed by atoms with E-state index in [-0.39, 0.29) is 24.3 Å². The number of primary amides is 1. The summed E-state index contributed by atoms with van der Waals surface area (Å²) in [5.41, 5.74) is 6.68. The van der Waals surface area contributed by atoms with E-state index in [4.69, 9.17) is 21.9 Å². The highest BCUT2D eigenvalue weighted by Gasteiger charge is 2.13. The van der Waals surface area contributed by atoms with Crippen LogP contribution in [0.15, 0.2) is 53.1 Å². The van der Waals surface area contributed by atoms with Gasteiger partial charge in [0, 0.05) is 23.4 Å². The molecule has 8 heteroatoms. The van der Waals surface area contributed by atoms with E-state index in [1.54, 1.807) is 48.5 Å². The fourth-order valence-electron chi connectivity index (χ4n) is 2.31. The second kappa shape index (κ2) is 7.79. The SMILES string of the molecule is NC(=O)c1ccccc1NC(=O)CCc1nc(-c2ccc(Cl)cc2)no1. The van der Waals surface area contributed by atoms with Crippen LogP contribution in [0.4, 0.5) is 5.69 Å². The lowest BCUT2D eigenvalue weighted by Crippen LogP contribution is -2.18. The van der Waals surface area contributed by atoms with Crippen LogP contribution in [0.2, 0.25) is 5.02 Å². The van der Waals surface area contributed by atoms with Gasteiger partial charge in [0.15, 0.2) is 0 Å². The molecule has 1 aromatic heterocycles. The fourth-order valence-corrected chi connectivity index (χ4v) is 2.44. The number of halogens is 1. The summed E-state index contributed by atoms with van der Waals surface area (Å²) in [6.45, 7) is 0. The Balaban J connectivity index is 1.60. The molecule has 3 N–H and O–H groups in total. The number of nitrogens with zero attached hydrogens (tertiary/aromatic N) is 2. The minimum absolute atomic E-state index is 0.120. The van der Waals surface area contributed by atoms with E-state index >= 15 is 0 Å². The molecule has 0 saturated carbocycles. The summed E-state index contributed by atoms with van der Waals surface area (Å²) in [7, 11) is 0. The molecular formula is C18H15ClN4O3. The van der Waals surface area contributed by atoms with Crippen molar-refractivity contribution < 1.29 is 14.1 Å². The van der Waals surface area contributed by atoms with Gasteiger partial charge in [0.25, 0.3) is 5.91 Å². The van der Waals surface area contributed by atoms with Crippen LogP contribution in [-0.2, 0) is 11.2 Å². The van der Waals surface area contributed by atoms with Crippen LogP contribution in [0.25, 0.3) is 11.4 Å². The molecule has 2 amide bonds. The highest BCUT2D eigenvalue weighted by molar-refractivity contribution is 6.30. The normalized spacial score (nSPS) is 10.5. The zero-order valence-corrected chi connectivity index (χ0v) is 14.4. The number of aromatic nitrogens is 2. The summed E-state index contributed by atoms with van der Waals surface area (Å²) < 4.78 is 5.16. The van der Waals surface area contributed by atoms with Gasteiger partial charge in [-0.1, -0.05) is 28.9 Å². The smallest absolute Gasteiger partial charge is 0.250 e. The first kappa shape index (κ1) is 17.6. The van der Waals surface area contributed by atoms with Crippen molar-refractivity contribution in [3.63, 3.8) is 0 Å². The zero-order chi connectivity index (χ0) is 18.5. The first-order chi connectivity index (χ1) is 12.5. The van der Waals surface area contributed by atoms with Crippen molar-refractivity contribution in [1.29, 1.82) is 0 Å². The Morgan fingerprint density at radius 1 is 1.12 bits per heavy atom. The van der Waals surface area contributed by atoms with Crippen LogP contribution in [0, 0.1) is 0 Å². The molecule has 0 aliphatic carbocycles. The van der Waals surface area contributed by atoms with E-state index in [9.17, 15) is 9.59 Å². The standard InChI is InChI=1S/C18H15ClN4O3/c19-12-7-5-11(6-8-12)18-22-16(26-23-18)10-9-15(24)21-14-4-2-1-3-13(14)17(20)25/h1-8H,9-10H2,(H2,20,25)(H,21,24). The third kappa shape index (κ3) is 4.25. The van der Waals surface area contributed by atoms with Crippen LogP contribution >= 0.6 is 11.6 Å². The molecule has 0 atom stereocenters. The van der Waals surface area contributed by atoms with Crippen molar-refractivity contribution >= 4 is 29.1 Å². The molecule has 3 aromatic rings. The third-order valence-electron chi connectivity index (χ3n) is 3.60. The topological polar surface area (TPSA) is 111 Å². The van der Waals surface area contributed by atoms with Gasteiger partial charge >= 0.3 is 0 Å². The quantitative estimate of drug-likeness (QED) is 0.692. The molecule has 132 valence electrons. The lowest BCUT2D eigenvalue weighted by atomic mass is 10.1. The number of amides is 2. The number of rotatable bonds is 6. The molecule has 0 bridgehead atoms. The van der Waals surface area contributed by atoms with Crippen molar-refractivity contribution in [3.8, 4) is 11.4 Å². The van der Waals surface area contributed by atoms with Gasteiger partial charge in [0.2, 0.25) is 17.6 Å². The Kier molecular flexibility index (Phi) is 5.28. The minimum atomic E-state index is -0.606. The molecule has 26 heavy (non-hydrogen) atoms. The monoisotopic (exact) mass is 370 g/mol. The van der Waals surface area contributed by atoms with Crippen molar-refractivity contribution in [2.24, 2.45) is 5.73 Å². The lowest BCUT2D eigenvalue weighted by molar-refractivity contribution is -0.116. The molecular weight excluding hydrogens is 356 g/mol. The summed E-state index contributed by atoms with van der Waals surface area (Å²) in [5, 5.41) is 7.17. The third-order valence-corrected chi connectivity index (χ3v) is 3.86.